The highest BCUT2D eigenvalue weighted by Gasteiger charge is 2.31. The molecular formula is C17H24ClN. The van der Waals surface area contributed by atoms with Crippen molar-refractivity contribution < 1.29 is 0 Å². The van der Waals surface area contributed by atoms with Gasteiger partial charge in [-0.1, -0.05) is 37.1 Å². The maximum Gasteiger partial charge on any atom is 0.0408 e. The summed E-state index contributed by atoms with van der Waals surface area (Å²) < 4.78 is 0. The van der Waals surface area contributed by atoms with Crippen LogP contribution in [0, 0.1) is 11.8 Å². The van der Waals surface area contributed by atoms with Gasteiger partial charge in [0.15, 0.2) is 0 Å². The summed E-state index contributed by atoms with van der Waals surface area (Å²) >= 11 is 6.05. The third kappa shape index (κ3) is 3.32. The van der Waals surface area contributed by atoms with Gasteiger partial charge in [-0.3, -0.25) is 0 Å². The fraction of sp³-hybridized carbons (Fsp3) is 0.647. The van der Waals surface area contributed by atoms with Gasteiger partial charge in [-0.15, -0.1) is 0 Å². The minimum absolute atomic E-state index is 0.721. The molecule has 2 atom stereocenters. The first kappa shape index (κ1) is 13.5. The van der Waals surface area contributed by atoms with Gasteiger partial charge in [0, 0.05) is 11.1 Å². The Labute approximate surface area is 121 Å². The summed E-state index contributed by atoms with van der Waals surface area (Å²) in [6, 6.07) is 9.10. The molecule has 1 N–H and O–H groups in total. The van der Waals surface area contributed by atoms with Crippen molar-refractivity contribution in [2.24, 2.45) is 11.8 Å². The first-order chi connectivity index (χ1) is 9.20. The Hall–Kier alpha value is -0.530. The third-order valence-electron chi connectivity index (χ3n) is 4.96. The van der Waals surface area contributed by atoms with E-state index in [1.165, 1.54) is 44.2 Å². The van der Waals surface area contributed by atoms with E-state index >= 15 is 0 Å². The number of hydrogen-bond donors (Lipinski definition) is 1. The maximum atomic E-state index is 6.05. The summed E-state index contributed by atoms with van der Waals surface area (Å²) in [5, 5.41) is 4.63. The lowest BCUT2D eigenvalue weighted by Gasteiger charge is -2.37. The summed E-state index contributed by atoms with van der Waals surface area (Å²) in [6.07, 6.45) is 6.85. The quantitative estimate of drug-likeness (QED) is 0.847. The van der Waals surface area contributed by atoms with E-state index in [9.17, 15) is 0 Å². The fourth-order valence-electron chi connectivity index (χ4n) is 3.66. The zero-order chi connectivity index (χ0) is 13.2. The van der Waals surface area contributed by atoms with Crippen LogP contribution in [0.2, 0.25) is 5.02 Å². The highest BCUT2D eigenvalue weighted by Crippen LogP contribution is 2.38. The standard InChI is InChI=1S/C17H24ClN/c1-12-5-6-13(7-12)11-19-17-9-15(10-17)14-3-2-4-16(18)8-14/h2-4,8,12-13,15,17,19H,5-7,9-11H2,1H3. The van der Waals surface area contributed by atoms with Gasteiger partial charge in [-0.05, 0) is 67.7 Å². The van der Waals surface area contributed by atoms with Crippen molar-refractivity contribution >= 4 is 11.6 Å². The zero-order valence-electron chi connectivity index (χ0n) is 11.7. The first-order valence-electron chi connectivity index (χ1n) is 7.69. The lowest BCUT2D eigenvalue weighted by Crippen LogP contribution is -2.42. The molecule has 1 aromatic rings. The maximum absolute atomic E-state index is 6.05. The Kier molecular flexibility index (Phi) is 4.14. The Morgan fingerprint density at radius 1 is 1.21 bits per heavy atom. The molecule has 0 aliphatic heterocycles. The fourth-order valence-corrected chi connectivity index (χ4v) is 3.86. The number of nitrogens with one attached hydrogen (secondary N) is 1. The van der Waals surface area contributed by atoms with Gasteiger partial charge in [0.2, 0.25) is 0 Å². The summed E-state index contributed by atoms with van der Waals surface area (Å²) in [4.78, 5) is 0. The minimum Gasteiger partial charge on any atom is -0.314 e. The SMILES string of the molecule is CC1CCC(CNC2CC(c3cccc(Cl)c3)C2)C1. The molecule has 2 aliphatic carbocycles. The molecule has 0 heterocycles. The van der Waals surface area contributed by atoms with Crippen LogP contribution in [0.15, 0.2) is 24.3 Å². The molecule has 0 saturated heterocycles. The van der Waals surface area contributed by atoms with Crippen LogP contribution in [-0.2, 0) is 0 Å². The van der Waals surface area contributed by atoms with Gasteiger partial charge in [0.1, 0.15) is 0 Å². The molecule has 0 aromatic heterocycles. The zero-order valence-corrected chi connectivity index (χ0v) is 12.5. The Bertz CT molecular complexity index is 425. The number of benzene rings is 1. The Morgan fingerprint density at radius 3 is 2.74 bits per heavy atom. The Morgan fingerprint density at radius 2 is 2.05 bits per heavy atom. The van der Waals surface area contributed by atoms with Crippen LogP contribution in [-0.4, -0.2) is 12.6 Å². The highest BCUT2D eigenvalue weighted by atomic mass is 35.5. The van der Waals surface area contributed by atoms with E-state index < -0.39 is 0 Å². The van der Waals surface area contributed by atoms with Gasteiger partial charge >= 0.3 is 0 Å². The molecule has 0 radical (unpaired) electrons. The van der Waals surface area contributed by atoms with Crippen LogP contribution in [0.4, 0.5) is 0 Å². The molecule has 1 aromatic carbocycles. The van der Waals surface area contributed by atoms with Crippen LogP contribution in [0.25, 0.3) is 0 Å². The van der Waals surface area contributed by atoms with Crippen molar-refractivity contribution in [1.82, 2.24) is 5.32 Å². The van der Waals surface area contributed by atoms with Crippen LogP contribution < -0.4 is 5.32 Å². The molecule has 3 rings (SSSR count). The molecule has 0 bridgehead atoms. The number of rotatable bonds is 4. The van der Waals surface area contributed by atoms with Crippen molar-refractivity contribution in [2.75, 3.05) is 6.54 Å². The van der Waals surface area contributed by atoms with E-state index in [0.29, 0.717) is 0 Å². The van der Waals surface area contributed by atoms with Crippen molar-refractivity contribution in [3.63, 3.8) is 0 Å². The average molecular weight is 278 g/mol. The van der Waals surface area contributed by atoms with Crippen molar-refractivity contribution in [3.8, 4) is 0 Å². The largest absolute Gasteiger partial charge is 0.314 e. The van der Waals surface area contributed by atoms with E-state index in [-0.39, 0.29) is 0 Å². The molecule has 0 amide bonds. The summed E-state index contributed by atoms with van der Waals surface area (Å²) in [7, 11) is 0. The van der Waals surface area contributed by atoms with Crippen molar-refractivity contribution in [1.29, 1.82) is 0 Å². The molecule has 1 nitrogen and oxygen atoms in total. The first-order valence-corrected chi connectivity index (χ1v) is 8.07. The van der Waals surface area contributed by atoms with Crippen LogP contribution in [0.1, 0.15) is 50.5 Å². The van der Waals surface area contributed by atoms with E-state index in [4.69, 9.17) is 11.6 Å². The molecule has 104 valence electrons. The van der Waals surface area contributed by atoms with E-state index in [0.717, 1.165) is 28.8 Å². The Balaban J connectivity index is 1.41. The smallest absolute Gasteiger partial charge is 0.0408 e. The molecule has 0 spiro atoms. The van der Waals surface area contributed by atoms with Crippen LogP contribution in [0.5, 0.6) is 0 Å². The predicted octanol–water partition coefficient (Wildman–Crippen LogP) is 4.61. The number of halogens is 1. The van der Waals surface area contributed by atoms with Gasteiger partial charge in [-0.25, -0.2) is 0 Å². The van der Waals surface area contributed by atoms with Crippen molar-refractivity contribution in [3.05, 3.63) is 34.9 Å². The predicted molar refractivity (Wildman–Crippen MR) is 81.7 cm³/mol. The van der Waals surface area contributed by atoms with E-state index in [2.05, 4.69) is 30.4 Å². The topological polar surface area (TPSA) is 12.0 Å². The lowest BCUT2D eigenvalue weighted by atomic mass is 9.76. The van der Waals surface area contributed by atoms with E-state index in [1.807, 2.05) is 6.07 Å². The lowest BCUT2D eigenvalue weighted by molar-refractivity contribution is 0.275. The molecule has 2 saturated carbocycles. The molecule has 2 fully saturated rings. The molecule has 2 heteroatoms. The summed E-state index contributed by atoms with van der Waals surface area (Å²) in [5.74, 6) is 2.60. The second kappa shape index (κ2) is 5.85. The summed E-state index contributed by atoms with van der Waals surface area (Å²) in [6.45, 7) is 3.62. The van der Waals surface area contributed by atoms with Crippen LogP contribution >= 0.6 is 11.6 Å². The minimum atomic E-state index is 0.721. The number of hydrogen-bond acceptors (Lipinski definition) is 1. The monoisotopic (exact) mass is 277 g/mol. The van der Waals surface area contributed by atoms with E-state index in [1.54, 1.807) is 0 Å². The highest BCUT2D eigenvalue weighted by molar-refractivity contribution is 6.30. The third-order valence-corrected chi connectivity index (χ3v) is 5.19. The van der Waals surface area contributed by atoms with Gasteiger partial charge in [0.05, 0.1) is 0 Å². The molecule has 2 aliphatic rings. The molecule has 19 heavy (non-hydrogen) atoms. The molecule has 2 unspecified atom stereocenters. The second-order valence-corrected chi connectivity index (χ2v) is 7.05. The average Bonchev–Trinajstić information content (AvgIpc) is 2.73. The second-order valence-electron chi connectivity index (χ2n) is 6.61. The normalized spacial score (nSPS) is 34.2. The van der Waals surface area contributed by atoms with Crippen molar-refractivity contribution in [2.45, 2.75) is 51.0 Å². The molecular weight excluding hydrogens is 254 g/mol. The van der Waals surface area contributed by atoms with Gasteiger partial charge < -0.3 is 5.32 Å². The van der Waals surface area contributed by atoms with Gasteiger partial charge in [0.25, 0.3) is 0 Å². The van der Waals surface area contributed by atoms with Gasteiger partial charge in [-0.2, -0.15) is 0 Å². The summed E-state index contributed by atoms with van der Waals surface area (Å²) in [5.41, 5.74) is 1.42. The van der Waals surface area contributed by atoms with Crippen LogP contribution in [0.3, 0.4) is 0 Å².